The maximum Gasteiger partial charge on any atom is 0.131 e. The van der Waals surface area contributed by atoms with Crippen molar-refractivity contribution in [3.8, 4) is 16.9 Å². The number of nitrogens with one attached hydrogen (secondary N) is 2. The van der Waals surface area contributed by atoms with Crippen molar-refractivity contribution in [1.82, 2.24) is 9.97 Å². The molecule has 0 unspecified atom stereocenters. The van der Waals surface area contributed by atoms with E-state index in [0.717, 1.165) is 34.7 Å². The van der Waals surface area contributed by atoms with Crippen LogP contribution in [0.15, 0.2) is 91.3 Å². The van der Waals surface area contributed by atoms with E-state index >= 15 is 0 Å². The van der Waals surface area contributed by atoms with Crippen LogP contribution in [0.3, 0.4) is 0 Å². The van der Waals surface area contributed by atoms with Gasteiger partial charge in [-0.05, 0) is 65.7 Å². The quantitative estimate of drug-likeness (QED) is 0.255. The summed E-state index contributed by atoms with van der Waals surface area (Å²) < 4.78 is 34.5. The average Bonchev–Trinajstić information content (AvgIpc) is 2.92. The van der Waals surface area contributed by atoms with E-state index in [4.69, 9.17) is 9.72 Å². The van der Waals surface area contributed by atoms with Gasteiger partial charge in [0.25, 0.3) is 0 Å². The number of ether oxygens (including phenoxy) is 1. The number of para-hydroxylation sites is 1. The van der Waals surface area contributed by atoms with Crippen LogP contribution in [0, 0.1) is 11.6 Å². The molecule has 180 valence electrons. The summed E-state index contributed by atoms with van der Waals surface area (Å²) in [7, 11) is 1.62. The highest BCUT2D eigenvalue weighted by molar-refractivity contribution is 5.98. The molecule has 0 saturated carbocycles. The van der Waals surface area contributed by atoms with Crippen LogP contribution in [-0.4, -0.2) is 17.1 Å². The van der Waals surface area contributed by atoms with Crippen LogP contribution in [0.25, 0.3) is 22.0 Å². The number of hydrogen-bond donors (Lipinski definition) is 2. The number of pyridine rings is 2. The first-order valence-corrected chi connectivity index (χ1v) is 11.5. The zero-order valence-corrected chi connectivity index (χ0v) is 19.6. The molecule has 5 rings (SSSR count). The highest BCUT2D eigenvalue weighted by atomic mass is 19.1. The second kappa shape index (κ2) is 10.4. The highest BCUT2D eigenvalue weighted by Gasteiger charge is 2.14. The predicted octanol–water partition coefficient (Wildman–Crippen LogP) is 6.81. The molecule has 0 aliphatic heterocycles. The number of hydrogen-bond acceptors (Lipinski definition) is 5. The van der Waals surface area contributed by atoms with Crippen LogP contribution in [-0.2, 0) is 13.1 Å². The van der Waals surface area contributed by atoms with Crippen LogP contribution in [0.4, 0.5) is 20.3 Å². The van der Waals surface area contributed by atoms with E-state index in [9.17, 15) is 8.78 Å². The minimum atomic E-state index is -0.509. The molecule has 0 aliphatic carbocycles. The lowest BCUT2D eigenvalue weighted by atomic mass is 9.99. The Balaban J connectivity index is 1.53. The Hall–Kier alpha value is -4.52. The summed E-state index contributed by atoms with van der Waals surface area (Å²) in [5.74, 6) is 0.286. The van der Waals surface area contributed by atoms with Gasteiger partial charge in [0.2, 0.25) is 0 Å². The predicted molar refractivity (Wildman–Crippen MR) is 139 cm³/mol. The molecule has 0 atom stereocenters. The smallest absolute Gasteiger partial charge is 0.131 e. The Bertz CT molecular complexity index is 1510. The van der Waals surface area contributed by atoms with Gasteiger partial charge in [0.15, 0.2) is 0 Å². The number of anilines is 2. The van der Waals surface area contributed by atoms with E-state index in [1.54, 1.807) is 25.6 Å². The summed E-state index contributed by atoms with van der Waals surface area (Å²) in [6.45, 7) is 1.04. The van der Waals surface area contributed by atoms with Crippen molar-refractivity contribution < 1.29 is 13.5 Å². The van der Waals surface area contributed by atoms with Crippen molar-refractivity contribution in [3.63, 3.8) is 0 Å². The van der Waals surface area contributed by atoms with Gasteiger partial charge in [-0.25, -0.2) is 13.8 Å². The molecule has 2 aromatic heterocycles. The molecule has 5 aromatic rings. The van der Waals surface area contributed by atoms with E-state index in [1.165, 1.54) is 6.07 Å². The van der Waals surface area contributed by atoms with E-state index in [1.807, 2.05) is 54.6 Å². The fourth-order valence-corrected chi connectivity index (χ4v) is 4.09. The Morgan fingerprint density at radius 2 is 1.72 bits per heavy atom. The largest absolute Gasteiger partial charge is 0.496 e. The van der Waals surface area contributed by atoms with Crippen molar-refractivity contribution in [2.75, 3.05) is 17.7 Å². The van der Waals surface area contributed by atoms with Gasteiger partial charge in [-0.2, -0.15) is 0 Å². The van der Waals surface area contributed by atoms with Gasteiger partial charge in [-0.3, -0.25) is 4.98 Å². The first-order valence-electron chi connectivity index (χ1n) is 11.5. The molecule has 0 amide bonds. The first kappa shape index (κ1) is 23.2. The molecular weight excluding hydrogens is 458 g/mol. The van der Waals surface area contributed by atoms with Gasteiger partial charge in [0.05, 0.1) is 12.6 Å². The first-order chi connectivity index (χ1) is 17.6. The maximum atomic E-state index is 14.9. The van der Waals surface area contributed by atoms with Gasteiger partial charge >= 0.3 is 0 Å². The van der Waals surface area contributed by atoms with Crippen LogP contribution >= 0.6 is 0 Å². The Morgan fingerprint density at radius 3 is 2.56 bits per heavy atom. The Kier molecular flexibility index (Phi) is 6.71. The number of fused-ring (bicyclic) bond motifs is 1. The summed E-state index contributed by atoms with van der Waals surface area (Å²) in [5.41, 5.74) is 4.20. The zero-order valence-electron chi connectivity index (χ0n) is 19.6. The van der Waals surface area contributed by atoms with E-state index in [-0.39, 0.29) is 5.56 Å². The van der Waals surface area contributed by atoms with Crippen molar-refractivity contribution >= 4 is 22.4 Å². The molecule has 3 aromatic carbocycles. The molecule has 36 heavy (non-hydrogen) atoms. The van der Waals surface area contributed by atoms with Crippen molar-refractivity contribution in [2.24, 2.45) is 0 Å². The summed E-state index contributed by atoms with van der Waals surface area (Å²) >= 11 is 0. The van der Waals surface area contributed by atoms with Crippen molar-refractivity contribution in [2.45, 2.75) is 13.1 Å². The number of nitrogens with zero attached hydrogens (tertiary/aromatic N) is 2. The van der Waals surface area contributed by atoms with Gasteiger partial charge in [0.1, 0.15) is 23.2 Å². The van der Waals surface area contributed by atoms with Crippen LogP contribution in [0.2, 0.25) is 0 Å². The van der Waals surface area contributed by atoms with Gasteiger partial charge in [-0.15, -0.1) is 0 Å². The monoisotopic (exact) mass is 482 g/mol. The van der Waals surface area contributed by atoms with E-state index < -0.39 is 11.6 Å². The topological polar surface area (TPSA) is 59.1 Å². The Morgan fingerprint density at radius 1 is 0.833 bits per heavy atom. The molecule has 7 heteroatoms. The average molecular weight is 483 g/mol. The fraction of sp³-hybridized carbons (Fsp3) is 0.103. The molecule has 0 bridgehead atoms. The lowest BCUT2D eigenvalue weighted by Crippen LogP contribution is -2.04. The van der Waals surface area contributed by atoms with Gasteiger partial charge < -0.3 is 15.4 Å². The van der Waals surface area contributed by atoms with E-state index in [2.05, 4.69) is 15.6 Å². The molecule has 2 heterocycles. The minimum Gasteiger partial charge on any atom is -0.496 e. The van der Waals surface area contributed by atoms with Crippen molar-refractivity contribution in [1.29, 1.82) is 0 Å². The second-order valence-electron chi connectivity index (χ2n) is 8.29. The lowest BCUT2D eigenvalue weighted by Gasteiger charge is -2.15. The van der Waals surface area contributed by atoms with Crippen molar-refractivity contribution in [3.05, 3.63) is 114 Å². The molecule has 0 fully saturated rings. The molecule has 0 saturated heterocycles. The molecule has 5 nitrogen and oxygen atoms in total. The lowest BCUT2D eigenvalue weighted by molar-refractivity contribution is 0.410. The van der Waals surface area contributed by atoms with E-state index in [0.29, 0.717) is 35.4 Å². The second-order valence-corrected chi connectivity index (χ2v) is 8.29. The molecule has 0 aliphatic rings. The summed E-state index contributed by atoms with van der Waals surface area (Å²) in [4.78, 5) is 8.87. The number of halogens is 2. The minimum absolute atomic E-state index is 0.173. The summed E-state index contributed by atoms with van der Waals surface area (Å²) in [6, 6.07) is 22.5. The Labute approximate surface area is 207 Å². The third-order valence-corrected chi connectivity index (χ3v) is 5.90. The number of aromatic nitrogens is 2. The van der Waals surface area contributed by atoms with Crippen LogP contribution in [0.1, 0.15) is 11.1 Å². The van der Waals surface area contributed by atoms with Gasteiger partial charge in [-0.1, -0.05) is 24.3 Å². The fourth-order valence-electron chi connectivity index (χ4n) is 4.09. The SMILES string of the molecule is COc1ccccc1CNc1cc(-c2cc(F)ccc2F)c2cc(NCc3cccnc3)ccc2n1. The van der Waals surface area contributed by atoms with Crippen LogP contribution < -0.4 is 15.4 Å². The molecule has 2 N–H and O–H groups in total. The number of benzene rings is 3. The van der Waals surface area contributed by atoms with Gasteiger partial charge in [0, 0.05) is 47.7 Å². The zero-order chi connectivity index (χ0) is 24.9. The molecular formula is C29H24F2N4O. The molecule has 0 spiro atoms. The summed E-state index contributed by atoms with van der Waals surface area (Å²) in [5, 5.41) is 7.38. The maximum absolute atomic E-state index is 14.9. The summed E-state index contributed by atoms with van der Waals surface area (Å²) in [6.07, 6.45) is 3.52. The third-order valence-electron chi connectivity index (χ3n) is 5.90. The number of methoxy groups -OCH3 is 1. The number of rotatable bonds is 8. The highest BCUT2D eigenvalue weighted by Crippen LogP contribution is 2.34. The normalized spacial score (nSPS) is 10.9. The standard InChI is InChI=1S/C29H24F2N4O/c1-36-28-7-3-2-6-20(28)18-34-29-15-23(24-13-21(30)8-10-26(24)31)25-14-22(9-11-27(25)35-29)33-17-19-5-4-12-32-16-19/h2-16,33H,17-18H2,1H3,(H,34,35). The third kappa shape index (κ3) is 5.10. The molecule has 0 radical (unpaired) electrons. The van der Waals surface area contributed by atoms with Crippen LogP contribution in [0.5, 0.6) is 5.75 Å².